The summed E-state index contributed by atoms with van der Waals surface area (Å²) in [7, 11) is -0.266. The van der Waals surface area contributed by atoms with Crippen molar-refractivity contribution < 1.29 is 17.9 Å². The first kappa shape index (κ1) is 25.3. The molecule has 0 aromatic heterocycles. The van der Waals surface area contributed by atoms with Crippen LogP contribution in [0.4, 0.5) is 5.69 Å². The minimum Gasteiger partial charge on any atom is -0.493 e. The number of nitrogens with zero attached hydrogens (tertiary/aromatic N) is 1. The fraction of sp³-hybridized carbons (Fsp3) is 0.458. The van der Waals surface area contributed by atoms with E-state index in [1.54, 1.807) is 42.8 Å². The summed E-state index contributed by atoms with van der Waals surface area (Å²) in [6.07, 6.45) is 1.82. The molecule has 7 nitrogen and oxygen atoms in total. The first-order valence-electron chi connectivity index (χ1n) is 11.1. The van der Waals surface area contributed by atoms with E-state index in [4.69, 9.17) is 21.7 Å². The standard InChI is InChI=1S/C24H33N3O4S2/c1-17-13-18(2)16-27(15-17)33(28,29)21-8-6-20(7-9-21)26-24(32)25-12-11-19-5-10-22(30-3)23(14-19)31-4/h5-10,14,17-18H,11-13,15-16H2,1-4H3,(H2,25,26,32)/t17-,18-/m0/s1. The van der Waals surface area contributed by atoms with Crippen LogP contribution in [0.25, 0.3) is 0 Å². The molecule has 9 heteroatoms. The van der Waals surface area contributed by atoms with E-state index in [9.17, 15) is 8.42 Å². The predicted octanol–water partition coefficient (Wildman–Crippen LogP) is 3.90. The molecular weight excluding hydrogens is 458 g/mol. The summed E-state index contributed by atoms with van der Waals surface area (Å²) >= 11 is 5.38. The van der Waals surface area contributed by atoms with E-state index in [1.807, 2.05) is 18.2 Å². The molecule has 0 saturated carbocycles. The molecule has 1 aliphatic rings. The van der Waals surface area contributed by atoms with Gasteiger partial charge in [-0.15, -0.1) is 0 Å². The van der Waals surface area contributed by atoms with Gasteiger partial charge in [0, 0.05) is 25.3 Å². The maximum Gasteiger partial charge on any atom is 0.243 e. The van der Waals surface area contributed by atoms with Crippen LogP contribution in [-0.2, 0) is 16.4 Å². The fourth-order valence-electron chi connectivity index (χ4n) is 4.19. The maximum atomic E-state index is 13.0. The lowest BCUT2D eigenvalue weighted by molar-refractivity contribution is 0.222. The van der Waals surface area contributed by atoms with Gasteiger partial charge in [-0.2, -0.15) is 4.31 Å². The van der Waals surface area contributed by atoms with Gasteiger partial charge in [0.25, 0.3) is 0 Å². The molecular formula is C24H33N3O4S2. The van der Waals surface area contributed by atoms with Crippen LogP contribution in [0.2, 0.25) is 0 Å². The maximum absolute atomic E-state index is 13.0. The number of hydrogen-bond acceptors (Lipinski definition) is 5. The zero-order valence-electron chi connectivity index (χ0n) is 19.6. The van der Waals surface area contributed by atoms with Crippen LogP contribution in [0.1, 0.15) is 25.8 Å². The molecule has 33 heavy (non-hydrogen) atoms. The summed E-state index contributed by atoms with van der Waals surface area (Å²) in [5, 5.41) is 6.76. The van der Waals surface area contributed by atoms with Crippen molar-refractivity contribution in [2.75, 3.05) is 39.2 Å². The summed E-state index contributed by atoms with van der Waals surface area (Å²) in [6.45, 7) is 5.98. The average molecular weight is 492 g/mol. The van der Waals surface area contributed by atoms with Gasteiger partial charge in [-0.1, -0.05) is 19.9 Å². The van der Waals surface area contributed by atoms with Gasteiger partial charge in [0.2, 0.25) is 10.0 Å². The lowest BCUT2D eigenvalue weighted by atomic mass is 9.94. The number of methoxy groups -OCH3 is 2. The Hall–Kier alpha value is -2.36. The molecule has 1 saturated heterocycles. The smallest absolute Gasteiger partial charge is 0.243 e. The Kier molecular flexibility index (Phi) is 8.56. The van der Waals surface area contributed by atoms with Crippen LogP contribution < -0.4 is 20.1 Å². The Labute approximate surface area is 202 Å². The van der Waals surface area contributed by atoms with Crippen molar-refractivity contribution >= 4 is 33.0 Å². The van der Waals surface area contributed by atoms with Crippen molar-refractivity contribution in [3.8, 4) is 11.5 Å². The van der Waals surface area contributed by atoms with Gasteiger partial charge in [-0.25, -0.2) is 8.42 Å². The molecule has 0 radical (unpaired) electrons. The Balaban J connectivity index is 1.53. The quantitative estimate of drug-likeness (QED) is 0.542. The van der Waals surface area contributed by atoms with E-state index in [1.165, 1.54) is 0 Å². The average Bonchev–Trinajstić information content (AvgIpc) is 2.78. The molecule has 2 atom stereocenters. The zero-order valence-corrected chi connectivity index (χ0v) is 21.3. The third-order valence-electron chi connectivity index (χ3n) is 5.73. The Morgan fingerprint density at radius 2 is 1.67 bits per heavy atom. The number of piperidine rings is 1. The van der Waals surface area contributed by atoms with E-state index in [2.05, 4.69) is 24.5 Å². The lowest BCUT2D eigenvalue weighted by Crippen LogP contribution is -2.42. The molecule has 1 fully saturated rings. The summed E-state index contributed by atoms with van der Waals surface area (Å²) in [5.41, 5.74) is 1.83. The van der Waals surface area contributed by atoms with Gasteiger partial charge in [-0.05, 0) is 78.9 Å². The number of anilines is 1. The second-order valence-electron chi connectivity index (χ2n) is 8.61. The molecule has 1 heterocycles. The van der Waals surface area contributed by atoms with Crippen LogP contribution in [-0.4, -0.2) is 51.7 Å². The lowest BCUT2D eigenvalue weighted by Gasteiger charge is -2.34. The van der Waals surface area contributed by atoms with Gasteiger partial charge >= 0.3 is 0 Å². The van der Waals surface area contributed by atoms with Crippen molar-refractivity contribution in [1.82, 2.24) is 9.62 Å². The van der Waals surface area contributed by atoms with E-state index < -0.39 is 10.0 Å². The third-order valence-corrected chi connectivity index (χ3v) is 7.82. The predicted molar refractivity (Wildman–Crippen MR) is 136 cm³/mol. The highest BCUT2D eigenvalue weighted by Gasteiger charge is 2.31. The molecule has 2 aromatic rings. The minimum atomic E-state index is -3.49. The molecule has 2 aromatic carbocycles. The van der Waals surface area contributed by atoms with Crippen LogP contribution >= 0.6 is 12.2 Å². The summed E-state index contributed by atoms with van der Waals surface area (Å²) < 4.78 is 38.3. The molecule has 0 unspecified atom stereocenters. The van der Waals surface area contributed by atoms with Crippen LogP contribution in [0, 0.1) is 11.8 Å². The van der Waals surface area contributed by atoms with Gasteiger partial charge in [0.05, 0.1) is 19.1 Å². The minimum absolute atomic E-state index is 0.307. The number of ether oxygens (including phenoxy) is 2. The number of thiocarbonyl (C=S) groups is 1. The van der Waals surface area contributed by atoms with Crippen molar-refractivity contribution in [3.05, 3.63) is 48.0 Å². The first-order valence-corrected chi connectivity index (χ1v) is 12.9. The van der Waals surface area contributed by atoms with E-state index in [0.29, 0.717) is 53.0 Å². The third kappa shape index (κ3) is 6.59. The van der Waals surface area contributed by atoms with Crippen LogP contribution in [0.5, 0.6) is 11.5 Å². The van der Waals surface area contributed by atoms with E-state index in [0.717, 1.165) is 24.1 Å². The van der Waals surface area contributed by atoms with E-state index >= 15 is 0 Å². The van der Waals surface area contributed by atoms with Crippen LogP contribution in [0.15, 0.2) is 47.4 Å². The molecule has 1 aliphatic heterocycles. The van der Waals surface area contributed by atoms with Gasteiger partial charge in [0.15, 0.2) is 16.6 Å². The number of sulfonamides is 1. The fourth-order valence-corrected chi connectivity index (χ4v) is 6.09. The van der Waals surface area contributed by atoms with Gasteiger partial charge in [-0.3, -0.25) is 0 Å². The molecule has 0 spiro atoms. The Morgan fingerprint density at radius 3 is 2.27 bits per heavy atom. The SMILES string of the molecule is COc1ccc(CCNC(=S)Nc2ccc(S(=O)(=O)N3C[C@@H](C)C[C@H](C)C3)cc2)cc1OC. The van der Waals surface area contributed by atoms with Crippen molar-refractivity contribution in [3.63, 3.8) is 0 Å². The largest absolute Gasteiger partial charge is 0.493 e. The number of benzene rings is 2. The van der Waals surface area contributed by atoms with Crippen molar-refractivity contribution in [2.45, 2.75) is 31.6 Å². The highest BCUT2D eigenvalue weighted by Crippen LogP contribution is 2.28. The van der Waals surface area contributed by atoms with Gasteiger partial charge in [0.1, 0.15) is 0 Å². The summed E-state index contributed by atoms with van der Waals surface area (Å²) in [6, 6.07) is 12.6. The molecule has 0 bridgehead atoms. The van der Waals surface area contributed by atoms with Crippen LogP contribution in [0.3, 0.4) is 0 Å². The summed E-state index contributed by atoms with van der Waals surface area (Å²) in [5.74, 6) is 2.12. The number of nitrogens with one attached hydrogen (secondary N) is 2. The molecule has 3 rings (SSSR count). The second kappa shape index (κ2) is 11.2. The monoisotopic (exact) mass is 491 g/mol. The van der Waals surface area contributed by atoms with Gasteiger partial charge < -0.3 is 20.1 Å². The highest BCUT2D eigenvalue weighted by atomic mass is 32.2. The zero-order chi connectivity index (χ0) is 24.0. The highest BCUT2D eigenvalue weighted by molar-refractivity contribution is 7.89. The number of rotatable bonds is 8. The summed E-state index contributed by atoms with van der Waals surface area (Å²) in [4.78, 5) is 0.307. The Bertz CT molecular complexity index is 1050. The second-order valence-corrected chi connectivity index (χ2v) is 11.0. The normalized spacial score (nSPS) is 19.0. The topological polar surface area (TPSA) is 79.9 Å². The Morgan fingerprint density at radius 1 is 1.03 bits per heavy atom. The van der Waals surface area contributed by atoms with Crippen molar-refractivity contribution in [2.24, 2.45) is 11.8 Å². The van der Waals surface area contributed by atoms with Crippen molar-refractivity contribution in [1.29, 1.82) is 0 Å². The van der Waals surface area contributed by atoms with E-state index in [-0.39, 0.29) is 0 Å². The molecule has 180 valence electrons. The molecule has 2 N–H and O–H groups in total. The first-order chi connectivity index (χ1) is 15.7. The molecule has 0 aliphatic carbocycles. The molecule has 0 amide bonds. The number of hydrogen-bond donors (Lipinski definition) is 2.